The Morgan fingerprint density at radius 1 is 1.35 bits per heavy atom. The highest BCUT2D eigenvalue weighted by atomic mass is 79.9. The second-order valence-electron chi connectivity index (χ2n) is 4.54. The molecule has 7 heteroatoms. The van der Waals surface area contributed by atoms with E-state index in [1.165, 1.54) is 13.0 Å². The van der Waals surface area contributed by atoms with Crippen LogP contribution in [0.4, 0.5) is 5.69 Å². The summed E-state index contributed by atoms with van der Waals surface area (Å²) in [7, 11) is 0. The predicted octanol–water partition coefficient (Wildman–Crippen LogP) is 3.21. The minimum Gasteiger partial charge on any atom is -0.484 e. The van der Waals surface area contributed by atoms with Crippen molar-refractivity contribution in [3.63, 3.8) is 0 Å². The molecule has 0 bridgehead atoms. The summed E-state index contributed by atoms with van der Waals surface area (Å²) in [5, 5.41) is 20.8. The predicted molar refractivity (Wildman–Crippen MR) is 78.0 cm³/mol. The fourth-order valence-corrected chi connectivity index (χ4v) is 2.09. The number of benzene rings is 1. The van der Waals surface area contributed by atoms with Crippen molar-refractivity contribution in [2.45, 2.75) is 33.0 Å². The average Bonchev–Trinajstić information content (AvgIpc) is 2.34. The summed E-state index contributed by atoms with van der Waals surface area (Å²) >= 11 is 3.19. The number of hydrogen-bond acceptors (Lipinski definition) is 5. The van der Waals surface area contributed by atoms with E-state index in [0.717, 1.165) is 0 Å². The number of aliphatic hydroxyl groups is 1. The Hall–Kier alpha value is -1.18. The fraction of sp³-hybridized carbons (Fsp3) is 0.538. The molecular formula is C13H18BrNO5. The smallest absolute Gasteiger partial charge is 0.312 e. The van der Waals surface area contributed by atoms with E-state index in [-0.39, 0.29) is 24.1 Å². The molecule has 1 rings (SSSR count). The molecular weight excluding hydrogens is 330 g/mol. The molecule has 1 unspecified atom stereocenters. The number of nitrogens with zero attached hydrogens (tertiary/aromatic N) is 1. The van der Waals surface area contributed by atoms with Crippen LogP contribution in [0.25, 0.3) is 0 Å². The van der Waals surface area contributed by atoms with Gasteiger partial charge in [0.15, 0.2) is 0 Å². The number of rotatable bonds is 7. The minimum absolute atomic E-state index is 0.0646. The Morgan fingerprint density at radius 3 is 2.50 bits per heavy atom. The van der Waals surface area contributed by atoms with E-state index >= 15 is 0 Å². The quantitative estimate of drug-likeness (QED) is 0.465. The lowest BCUT2D eigenvalue weighted by molar-refractivity contribution is -0.386. The summed E-state index contributed by atoms with van der Waals surface area (Å²) in [5.74, 6) is 0.0838. The van der Waals surface area contributed by atoms with Crippen molar-refractivity contribution in [1.29, 1.82) is 0 Å². The number of nitro benzene ring substituents is 1. The Kier molecular flexibility index (Phi) is 6.38. The maximum absolute atomic E-state index is 11.1. The molecule has 1 N–H and O–H groups in total. The highest BCUT2D eigenvalue weighted by molar-refractivity contribution is 9.10. The number of ether oxygens (including phenoxy) is 2. The number of nitro groups is 1. The molecule has 0 saturated heterocycles. The van der Waals surface area contributed by atoms with Crippen molar-refractivity contribution in [2.24, 2.45) is 0 Å². The Morgan fingerprint density at radius 2 is 2.00 bits per heavy atom. The lowest BCUT2D eigenvalue weighted by Crippen LogP contribution is -2.13. The van der Waals surface area contributed by atoms with E-state index in [9.17, 15) is 15.2 Å². The SMILES string of the molecule is CC(C)OCCOc1c(C(C)O)cc(Br)cc1[N+](=O)[O-]. The lowest BCUT2D eigenvalue weighted by Gasteiger charge is -2.15. The first-order chi connectivity index (χ1) is 9.32. The van der Waals surface area contributed by atoms with Gasteiger partial charge in [0.25, 0.3) is 0 Å². The highest BCUT2D eigenvalue weighted by Gasteiger charge is 2.23. The number of halogens is 1. The van der Waals surface area contributed by atoms with Gasteiger partial charge in [-0.15, -0.1) is 0 Å². The first kappa shape index (κ1) is 16.9. The molecule has 0 saturated carbocycles. The van der Waals surface area contributed by atoms with Gasteiger partial charge in [0.05, 0.1) is 23.7 Å². The third kappa shape index (κ3) is 4.73. The molecule has 0 fully saturated rings. The van der Waals surface area contributed by atoms with Crippen molar-refractivity contribution in [1.82, 2.24) is 0 Å². The van der Waals surface area contributed by atoms with Gasteiger partial charge in [-0.3, -0.25) is 10.1 Å². The third-order valence-corrected chi connectivity index (χ3v) is 2.95. The third-order valence-electron chi connectivity index (χ3n) is 2.49. The van der Waals surface area contributed by atoms with E-state index in [2.05, 4.69) is 15.9 Å². The summed E-state index contributed by atoms with van der Waals surface area (Å²) in [6.45, 7) is 5.82. The number of hydrogen-bond donors (Lipinski definition) is 1. The summed E-state index contributed by atoms with van der Waals surface area (Å²) in [6.07, 6.45) is -0.804. The van der Waals surface area contributed by atoms with Crippen LogP contribution < -0.4 is 4.74 Å². The van der Waals surface area contributed by atoms with Crippen LogP contribution in [-0.4, -0.2) is 29.3 Å². The zero-order chi connectivity index (χ0) is 15.3. The van der Waals surface area contributed by atoms with E-state index in [1.807, 2.05) is 13.8 Å². The molecule has 0 heterocycles. The molecule has 0 aliphatic rings. The topological polar surface area (TPSA) is 81.8 Å². The summed E-state index contributed by atoms with van der Waals surface area (Å²) < 4.78 is 11.3. The van der Waals surface area contributed by atoms with Gasteiger partial charge in [-0.25, -0.2) is 0 Å². The van der Waals surface area contributed by atoms with E-state index in [4.69, 9.17) is 9.47 Å². The zero-order valence-electron chi connectivity index (χ0n) is 11.6. The largest absolute Gasteiger partial charge is 0.484 e. The molecule has 0 radical (unpaired) electrons. The van der Waals surface area contributed by atoms with Gasteiger partial charge in [-0.1, -0.05) is 15.9 Å². The molecule has 0 aliphatic heterocycles. The average molecular weight is 348 g/mol. The molecule has 6 nitrogen and oxygen atoms in total. The number of aliphatic hydroxyl groups excluding tert-OH is 1. The molecule has 20 heavy (non-hydrogen) atoms. The van der Waals surface area contributed by atoms with Gasteiger partial charge in [0.1, 0.15) is 6.61 Å². The first-order valence-corrected chi connectivity index (χ1v) is 7.02. The van der Waals surface area contributed by atoms with Crippen molar-refractivity contribution in [2.75, 3.05) is 13.2 Å². The molecule has 0 amide bonds. The van der Waals surface area contributed by atoms with Crippen LogP contribution in [0, 0.1) is 10.1 Å². The van der Waals surface area contributed by atoms with Crippen molar-refractivity contribution >= 4 is 21.6 Å². The summed E-state index contributed by atoms with van der Waals surface area (Å²) in [5.41, 5.74) is 0.190. The van der Waals surface area contributed by atoms with Gasteiger partial charge in [0, 0.05) is 16.1 Å². The van der Waals surface area contributed by atoms with Gasteiger partial charge < -0.3 is 14.6 Å². The van der Waals surface area contributed by atoms with E-state index in [0.29, 0.717) is 16.6 Å². The Bertz CT molecular complexity index is 476. The minimum atomic E-state index is -0.868. The lowest BCUT2D eigenvalue weighted by atomic mass is 10.1. The maximum atomic E-state index is 11.1. The first-order valence-electron chi connectivity index (χ1n) is 6.23. The Balaban J connectivity index is 2.98. The van der Waals surface area contributed by atoms with Crippen LogP contribution in [0.5, 0.6) is 5.75 Å². The van der Waals surface area contributed by atoms with Crippen LogP contribution in [0.2, 0.25) is 0 Å². The van der Waals surface area contributed by atoms with Crippen molar-refractivity contribution in [3.05, 3.63) is 32.3 Å². The molecule has 1 atom stereocenters. The van der Waals surface area contributed by atoms with E-state index in [1.54, 1.807) is 6.07 Å². The molecule has 0 aliphatic carbocycles. The van der Waals surface area contributed by atoms with Crippen LogP contribution in [0.15, 0.2) is 16.6 Å². The van der Waals surface area contributed by atoms with Gasteiger partial charge in [-0.2, -0.15) is 0 Å². The molecule has 0 aromatic heterocycles. The van der Waals surface area contributed by atoms with Gasteiger partial charge in [0.2, 0.25) is 5.75 Å². The monoisotopic (exact) mass is 347 g/mol. The summed E-state index contributed by atoms with van der Waals surface area (Å²) in [6, 6.07) is 2.96. The normalized spacial score (nSPS) is 12.5. The van der Waals surface area contributed by atoms with Crippen LogP contribution in [-0.2, 0) is 4.74 Å². The zero-order valence-corrected chi connectivity index (χ0v) is 13.2. The summed E-state index contributed by atoms with van der Waals surface area (Å²) in [4.78, 5) is 10.5. The van der Waals surface area contributed by atoms with Gasteiger partial charge >= 0.3 is 5.69 Å². The highest BCUT2D eigenvalue weighted by Crippen LogP contribution is 2.37. The standard InChI is InChI=1S/C13H18BrNO5/c1-8(2)19-4-5-20-13-11(9(3)16)6-10(14)7-12(13)15(17)18/h6-9,16H,4-5H2,1-3H3. The molecule has 1 aromatic carbocycles. The van der Waals surface area contributed by atoms with Gasteiger partial charge in [-0.05, 0) is 26.8 Å². The maximum Gasteiger partial charge on any atom is 0.312 e. The van der Waals surface area contributed by atoms with Crippen LogP contribution >= 0.6 is 15.9 Å². The van der Waals surface area contributed by atoms with Crippen LogP contribution in [0.1, 0.15) is 32.4 Å². The van der Waals surface area contributed by atoms with E-state index < -0.39 is 11.0 Å². The second kappa shape index (κ2) is 7.56. The second-order valence-corrected chi connectivity index (χ2v) is 5.46. The van der Waals surface area contributed by atoms with Crippen molar-refractivity contribution in [3.8, 4) is 5.75 Å². The van der Waals surface area contributed by atoms with Crippen LogP contribution in [0.3, 0.4) is 0 Å². The molecule has 0 spiro atoms. The molecule has 1 aromatic rings. The van der Waals surface area contributed by atoms with Crippen molar-refractivity contribution < 1.29 is 19.5 Å². The fourth-order valence-electron chi connectivity index (χ4n) is 1.63. The molecule has 112 valence electrons. The Labute approximate surface area is 126 Å².